The lowest BCUT2D eigenvalue weighted by molar-refractivity contribution is -0.148. The van der Waals surface area contributed by atoms with Crippen LogP contribution < -0.4 is 10.6 Å². The Hall–Kier alpha value is -2.31. The topological polar surface area (TPSA) is 97.6 Å². The van der Waals surface area contributed by atoms with E-state index in [0.29, 0.717) is 11.8 Å². The van der Waals surface area contributed by atoms with E-state index in [2.05, 4.69) is 24.5 Å². The molecule has 7 heteroatoms. The molecule has 1 fully saturated rings. The van der Waals surface area contributed by atoms with Crippen molar-refractivity contribution in [2.75, 3.05) is 13.2 Å². The summed E-state index contributed by atoms with van der Waals surface area (Å²) < 4.78 is 9.89. The number of nitrogens with one attached hydrogen (secondary N) is 2. The molecule has 1 saturated carbocycles. The van der Waals surface area contributed by atoms with Gasteiger partial charge in [0.25, 0.3) is 11.8 Å². The molecule has 2 rings (SSSR count). The van der Waals surface area contributed by atoms with Gasteiger partial charge in [-0.2, -0.15) is 0 Å². The van der Waals surface area contributed by atoms with Gasteiger partial charge in [-0.25, -0.2) is 0 Å². The molecule has 25 heavy (non-hydrogen) atoms. The summed E-state index contributed by atoms with van der Waals surface area (Å²) in [6.45, 7) is 4.17. The predicted molar refractivity (Wildman–Crippen MR) is 90.7 cm³/mol. The van der Waals surface area contributed by atoms with Crippen molar-refractivity contribution < 1.29 is 23.5 Å². The highest BCUT2D eigenvalue weighted by Gasteiger charge is 2.28. The van der Waals surface area contributed by atoms with Gasteiger partial charge in [0.05, 0.1) is 12.7 Å². The van der Waals surface area contributed by atoms with Crippen LogP contribution in [0.3, 0.4) is 0 Å². The smallest absolute Gasteiger partial charge is 0.308 e. The van der Waals surface area contributed by atoms with Crippen LogP contribution in [0.2, 0.25) is 0 Å². The Morgan fingerprint density at radius 2 is 2.08 bits per heavy atom. The quantitative estimate of drug-likeness (QED) is 0.732. The average molecular weight is 350 g/mol. The molecule has 0 unspecified atom stereocenters. The Bertz CT molecular complexity index is 584. The second kappa shape index (κ2) is 9.25. The van der Waals surface area contributed by atoms with Crippen molar-refractivity contribution in [3.8, 4) is 0 Å². The zero-order valence-corrected chi connectivity index (χ0v) is 14.7. The van der Waals surface area contributed by atoms with E-state index in [1.54, 1.807) is 6.07 Å². The summed E-state index contributed by atoms with van der Waals surface area (Å²) in [4.78, 5) is 35.2. The number of rotatable bonds is 7. The minimum Gasteiger partial charge on any atom is -0.459 e. The van der Waals surface area contributed by atoms with Gasteiger partial charge in [0.15, 0.2) is 12.4 Å². The Balaban J connectivity index is 1.61. The van der Waals surface area contributed by atoms with Gasteiger partial charge in [0, 0.05) is 12.6 Å². The largest absolute Gasteiger partial charge is 0.459 e. The Morgan fingerprint density at radius 1 is 1.28 bits per heavy atom. The SMILES string of the molecule is C[C@@H]1[C@H](C)CCC[C@H]1NC(=O)COC(=O)CCNC(=O)c1ccco1. The average Bonchev–Trinajstić information content (AvgIpc) is 3.12. The van der Waals surface area contributed by atoms with Crippen molar-refractivity contribution in [1.29, 1.82) is 0 Å². The van der Waals surface area contributed by atoms with Crippen LogP contribution in [0.4, 0.5) is 0 Å². The highest BCUT2D eigenvalue weighted by Crippen LogP contribution is 2.29. The summed E-state index contributed by atoms with van der Waals surface area (Å²) in [5, 5.41) is 5.49. The highest BCUT2D eigenvalue weighted by atomic mass is 16.5. The molecular formula is C18H26N2O5. The summed E-state index contributed by atoms with van der Waals surface area (Å²) in [7, 11) is 0. The lowest BCUT2D eigenvalue weighted by Crippen LogP contribution is -2.45. The summed E-state index contributed by atoms with van der Waals surface area (Å²) in [5.41, 5.74) is 0. The van der Waals surface area contributed by atoms with E-state index in [1.807, 2.05) is 0 Å². The molecular weight excluding hydrogens is 324 g/mol. The predicted octanol–water partition coefficient (Wildman–Crippen LogP) is 1.88. The number of ether oxygens (including phenoxy) is 1. The van der Waals surface area contributed by atoms with E-state index in [9.17, 15) is 14.4 Å². The minimum atomic E-state index is -0.528. The third-order valence-electron chi connectivity index (χ3n) is 4.78. The van der Waals surface area contributed by atoms with Crippen molar-refractivity contribution in [3.63, 3.8) is 0 Å². The monoisotopic (exact) mass is 350 g/mol. The molecule has 1 aromatic rings. The number of furan rings is 1. The first-order valence-corrected chi connectivity index (χ1v) is 8.74. The van der Waals surface area contributed by atoms with Crippen molar-refractivity contribution in [2.24, 2.45) is 11.8 Å². The van der Waals surface area contributed by atoms with E-state index in [1.165, 1.54) is 18.8 Å². The number of carbonyl (C=O) groups excluding carboxylic acids is 3. The molecule has 2 amide bonds. The molecule has 3 atom stereocenters. The molecule has 1 aliphatic carbocycles. The standard InChI is InChI=1S/C18H26N2O5/c1-12-5-3-6-14(13(12)2)20-16(21)11-25-17(22)8-9-19-18(23)15-7-4-10-24-15/h4,7,10,12-14H,3,5-6,8-9,11H2,1-2H3,(H,19,23)(H,20,21)/t12-,13-,14-/m1/s1. The van der Waals surface area contributed by atoms with Crippen molar-refractivity contribution in [1.82, 2.24) is 10.6 Å². The summed E-state index contributed by atoms with van der Waals surface area (Å²) in [6, 6.07) is 3.28. The van der Waals surface area contributed by atoms with Crippen LogP contribution >= 0.6 is 0 Å². The van der Waals surface area contributed by atoms with E-state index < -0.39 is 11.9 Å². The van der Waals surface area contributed by atoms with Gasteiger partial charge >= 0.3 is 5.97 Å². The van der Waals surface area contributed by atoms with E-state index in [4.69, 9.17) is 9.15 Å². The first kappa shape index (κ1) is 19.0. The van der Waals surface area contributed by atoms with Gasteiger partial charge in [-0.3, -0.25) is 14.4 Å². The van der Waals surface area contributed by atoms with Crippen LogP contribution in [0.1, 0.15) is 50.1 Å². The molecule has 1 aromatic heterocycles. The highest BCUT2D eigenvalue weighted by molar-refractivity contribution is 5.91. The third-order valence-corrected chi connectivity index (χ3v) is 4.78. The van der Waals surface area contributed by atoms with Crippen LogP contribution in [0.15, 0.2) is 22.8 Å². The maximum absolute atomic E-state index is 11.9. The second-order valence-electron chi connectivity index (χ2n) is 6.59. The number of amides is 2. The fourth-order valence-corrected chi connectivity index (χ4v) is 3.03. The lowest BCUT2D eigenvalue weighted by Gasteiger charge is -2.34. The Labute approximate surface area is 147 Å². The molecule has 0 spiro atoms. The van der Waals surface area contributed by atoms with Crippen LogP contribution in [-0.4, -0.2) is 37.0 Å². The molecule has 0 radical (unpaired) electrons. The Morgan fingerprint density at radius 3 is 2.80 bits per heavy atom. The fraction of sp³-hybridized carbons (Fsp3) is 0.611. The van der Waals surface area contributed by atoms with Crippen molar-refractivity contribution in [3.05, 3.63) is 24.2 Å². The number of hydrogen-bond donors (Lipinski definition) is 2. The number of esters is 1. The summed E-state index contributed by atoms with van der Waals surface area (Å²) in [5.74, 6) is -0.0111. The maximum atomic E-state index is 11.9. The maximum Gasteiger partial charge on any atom is 0.308 e. The molecule has 138 valence electrons. The van der Waals surface area contributed by atoms with E-state index >= 15 is 0 Å². The van der Waals surface area contributed by atoms with Gasteiger partial charge in [-0.05, 0) is 30.4 Å². The normalized spacial score (nSPS) is 22.9. The molecule has 7 nitrogen and oxygen atoms in total. The van der Waals surface area contributed by atoms with Gasteiger partial charge in [0.2, 0.25) is 0 Å². The molecule has 1 aliphatic rings. The molecule has 0 aromatic carbocycles. The first-order chi connectivity index (χ1) is 12.0. The zero-order valence-electron chi connectivity index (χ0n) is 14.7. The number of hydrogen-bond acceptors (Lipinski definition) is 5. The zero-order chi connectivity index (χ0) is 18.2. The molecule has 0 aliphatic heterocycles. The van der Waals surface area contributed by atoms with Gasteiger partial charge in [0.1, 0.15) is 0 Å². The summed E-state index contributed by atoms with van der Waals surface area (Å²) in [6.07, 6.45) is 4.65. The molecule has 0 saturated heterocycles. The second-order valence-corrected chi connectivity index (χ2v) is 6.59. The molecule has 1 heterocycles. The van der Waals surface area contributed by atoms with Crippen LogP contribution in [-0.2, 0) is 14.3 Å². The fourth-order valence-electron chi connectivity index (χ4n) is 3.03. The van der Waals surface area contributed by atoms with Gasteiger partial charge in [-0.15, -0.1) is 0 Å². The van der Waals surface area contributed by atoms with Gasteiger partial charge in [-0.1, -0.05) is 26.7 Å². The van der Waals surface area contributed by atoms with E-state index in [-0.39, 0.29) is 37.3 Å². The van der Waals surface area contributed by atoms with Crippen LogP contribution in [0.25, 0.3) is 0 Å². The van der Waals surface area contributed by atoms with Crippen LogP contribution in [0, 0.1) is 11.8 Å². The van der Waals surface area contributed by atoms with Crippen LogP contribution in [0.5, 0.6) is 0 Å². The lowest BCUT2D eigenvalue weighted by atomic mass is 9.78. The van der Waals surface area contributed by atoms with Gasteiger partial charge < -0.3 is 19.8 Å². The summed E-state index contributed by atoms with van der Waals surface area (Å²) >= 11 is 0. The number of carbonyl (C=O) groups is 3. The molecule has 2 N–H and O–H groups in total. The van der Waals surface area contributed by atoms with E-state index in [0.717, 1.165) is 12.8 Å². The minimum absolute atomic E-state index is 0.00338. The third kappa shape index (κ3) is 5.92. The first-order valence-electron chi connectivity index (χ1n) is 8.74. The van der Waals surface area contributed by atoms with Crippen molar-refractivity contribution in [2.45, 2.75) is 45.6 Å². The van der Waals surface area contributed by atoms with Crippen molar-refractivity contribution >= 4 is 17.8 Å². The Kier molecular flexibility index (Phi) is 7.03. The molecule has 0 bridgehead atoms.